The molecule has 88 valence electrons. The van der Waals surface area contributed by atoms with Crippen LogP contribution in [0.4, 0.5) is 13.2 Å². The lowest BCUT2D eigenvalue weighted by molar-refractivity contribution is -0.274. The fraction of sp³-hybridized carbons (Fsp3) is 0.250. The third kappa shape index (κ3) is 3.09. The maximum Gasteiger partial charge on any atom is 0.573 e. The van der Waals surface area contributed by atoms with Crippen LogP contribution < -0.4 is 10.3 Å². The molecule has 0 saturated carbocycles. The zero-order valence-electron chi connectivity index (χ0n) is 7.60. The molecule has 0 atom stereocenters. The summed E-state index contributed by atoms with van der Waals surface area (Å²) in [6.45, 7) is 0. The number of H-pyrrole nitrogens is 1. The number of aldehydes is 1. The largest absolute Gasteiger partial charge is 0.573 e. The number of hydrogen-bond acceptors (Lipinski definition) is 3. The number of halogens is 4. The summed E-state index contributed by atoms with van der Waals surface area (Å²) in [5.41, 5.74) is -1.44. The number of aromatic nitrogens is 1. The van der Waals surface area contributed by atoms with Crippen molar-refractivity contribution in [3.05, 3.63) is 27.7 Å². The zero-order valence-corrected chi connectivity index (χ0v) is 9.18. The standard InChI is InChI=1S/C8H5BrF3NO3/c9-2-4-1-6(16-8(10,11)12)5(3-14)7(15)13-4/h1,3H,2H2,(H,13,15). The number of nitrogens with one attached hydrogen (secondary N) is 1. The van der Waals surface area contributed by atoms with Gasteiger partial charge in [0.2, 0.25) is 0 Å². The van der Waals surface area contributed by atoms with Crippen LogP contribution in [0.2, 0.25) is 0 Å². The van der Waals surface area contributed by atoms with Gasteiger partial charge in [-0.25, -0.2) is 0 Å². The van der Waals surface area contributed by atoms with Crippen molar-refractivity contribution >= 4 is 22.2 Å². The number of aromatic amines is 1. The Kier molecular flexibility index (Phi) is 3.74. The predicted octanol–water partition coefficient (Wildman–Crippen LogP) is 1.98. The van der Waals surface area contributed by atoms with Crippen LogP contribution in [0.15, 0.2) is 10.9 Å². The second kappa shape index (κ2) is 4.69. The van der Waals surface area contributed by atoms with Crippen LogP contribution in [0, 0.1) is 0 Å². The molecule has 0 fully saturated rings. The molecule has 0 aromatic carbocycles. The Morgan fingerprint density at radius 1 is 1.50 bits per heavy atom. The highest BCUT2D eigenvalue weighted by Crippen LogP contribution is 2.24. The van der Waals surface area contributed by atoms with Crippen molar-refractivity contribution in [2.45, 2.75) is 11.7 Å². The summed E-state index contributed by atoms with van der Waals surface area (Å²) in [5, 5.41) is 0.135. The minimum absolute atomic E-state index is 0.0118. The van der Waals surface area contributed by atoms with Gasteiger partial charge in [0.1, 0.15) is 11.3 Å². The van der Waals surface area contributed by atoms with Gasteiger partial charge in [0, 0.05) is 17.1 Å². The van der Waals surface area contributed by atoms with Crippen LogP contribution in [0.5, 0.6) is 5.75 Å². The van der Waals surface area contributed by atoms with Crippen molar-refractivity contribution < 1.29 is 22.7 Å². The smallest absolute Gasteiger partial charge is 0.405 e. The maximum atomic E-state index is 12.0. The normalized spacial score (nSPS) is 11.2. The van der Waals surface area contributed by atoms with Gasteiger partial charge in [0.15, 0.2) is 6.29 Å². The summed E-state index contributed by atoms with van der Waals surface area (Å²) in [5.74, 6) is -0.805. The zero-order chi connectivity index (χ0) is 12.3. The minimum Gasteiger partial charge on any atom is -0.405 e. The first-order chi connectivity index (χ1) is 7.37. The van der Waals surface area contributed by atoms with Crippen molar-refractivity contribution in [1.29, 1.82) is 0 Å². The topological polar surface area (TPSA) is 59.2 Å². The lowest BCUT2D eigenvalue weighted by Crippen LogP contribution is -2.22. The van der Waals surface area contributed by atoms with Gasteiger partial charge < -0.3 is 9.72 Å². The summed E-state index contributed by atoms with van der Waals surface area (Å²) in [6.07, 6.45) is -4.94. The van der Waals surface area contributed by atoms with Crippen molar-refractivity contribution in [2.75, 3.05) is 0 Å². The molecule has 1 heterocycles. The van der Waals surface area contributed by atoms with E-state index in [1.165, 1.54) is 0 Å². The molecule has 1 N–H and O–H groups in total. The summed E-state index contributed by atoms with van der Waals surface area (Å²) in [4.78, 5) is 23.9. The van der Waals surface area contributed by atoms with Gasteiger partial charge in [-0.2, -0.15) is 0 Å². The number of carbonyl (C=O) groups excluding carboxylic acids is 1. The van der Waals surface area contributed by atoms with E-state index in [0.717, 1.165) is 6.07 Å². The molecular weight excluding hydrogens is 295 g/mol. The van der Waals surface area contributed by atoms with Gasteiger partial charge in [-0.1, -0.05) is 15.9 Å². The number of hydrogen-bond donors (Lipinski definition) is 1. The Labute approximate surface area is 95.5 Å². The highest BCUT2D eigenvalue weighted by molar-refractivity contribution is 9.08. The molecule has 0 radical (unpaired) electrons. The van der Waals surface area contributed by atoms with Crippen LogP contribution in [-0.4, -0.2) is 17.6 Å². The van der Waals surface area contributed by atoms with Crippen LogP contribution in [0.3, 0.4) is 0 Å². The van der Waals surface area contributed by atoms with E-state index in [9.17, 15) is 22.8 Å². The Bertz CT molecular complexity index is 455. The van der Waals surface area contributed by atoms with Gasteiger partial charge in [0.25, 0.3) is 5.56 Å². The van der Waals surface area contributed by atoms with E-state index in [-0.39, 0.29) is 17.3 Å². The number of carbonyl (C=O) groups is 1. The van der Waals surface area contributed by atoms with Gasteiger partial charge in [-0.15, -0.1) is 13.2 Å². The molecule has 0 aliphatic heterocycles. The van der Waals surface area contributed by atoms with Crippen molar-refractivity contribution in [1.82, 2.24) is 4.98 Å². The molecule has 0 spiro atoms. The molecule has 0 aliphatic carbocycles. The highest BCUT2D eigenvalue weighted by atomic mass is 79.9. The van der Waals surface area contributed by atoms with E-state index >= 15 is 0 Å². The first-order valence-electron chi connectivity index (χ1n) is 3.90. The van der Waals surface area contributed by atoms with E-state index in [1.807, 2.05) is 0 Å². The highest BCUT2D eigenvalue weighted by Gasteiger charge is 2.32. The SMILES string of the molecule is O=Cc1c(OC(F)(F)F)cc(CBr)[nH]c1=O. The fourth-order valence-electron chi connectivity index (χ4n) is 0.990. The summed E-state index contributed by atoms with van der Waals surface area (Å²) in [7, 11) is 0. The quantitative estimate of drug-likeness (QED) is 0.686. The monoisotopic (exact) mass is 299 g/mol. The molecule has 16 heavy (non-hydrogen) atoms. The molecule has 0 aliphatic rings. The van der Waals surface area contributed by atoms with Crippen LogP contribution in [-0.2, 0) is 5.33 Å². The van der Waals surface area contributed by atoms with Gasteiger partial charge in [0.05, 0.1) is 0 Å². The molecule has 0 amide bonds. The van der Waals surface area contributed by atoms with E-state index < -0.39 is 23.2 Å². The summed E-state index contributed by atoms with van der Waals surface area (Å²) in [6, 6.07) is 0.938. The average molecular weight is 300 g/mol. The maximum absolute atomic E-state index is 12.0. The van der Waals surface area contributed by atoms with Gasteiger partial charge in [-0.05, 0) is 0 Å². The van der Waals surface area contributed by atoms with Crippen molar-refractivity contribution in [3.8, 4) is 5.75 Å². The Morgan fingerprint density at radius 3 is 2.56 bits per heavy atom. The second-order valence-electron chi connectivity index (χ2n) is 2.70. The minimum atomic E-state index is -4.95. The molecule has 0 saturated heterocycles. The lowest BCUT2D eigenvalue weighted by Gasteiger charge is -2.10. The van der Waals surface area contributed by atoms with Gasteiger partial charge >= 0.3 is 6.36 Å². The molecular formula is C8H5BrF3NO3. The first-order valence-corrected chi connectivity index (χ1v) is 5.02. The van der Waals surface area contributed by atoms with E-state index in [0.29, 0.717) is 0 Å². The molecule has 4 nitrogen and oxygen atoms in total. The molecule has 1 aromatic heterocycles. The summed E-state index contributed by atoms with van der Waals surface area (Å²) >= 11 is 2.96. The van der Waals surface area contributed by atoms with E-state index in [2.05, 4.69) is 25.7 Å². The molecule has 1 aromatic rings. The molecule has 8 heteroatoms. The van der Waals surface area contributed by atoms with E-state index in [4.69, 9.17) is 0 Å². The predicted molar refractivity (Wildman–Crippen MR) is 51.8 cm³/mol. The molecule has 1 rings (SSSR count). The van der Waals surface area contributed by atoms with Crippen LogP contribution in [0.1, 0.15) is 16.1 Å². The Morgan fingerprint density at radius 2 is 2.12 bits per heavy atom. The third-order valence-electron chi connectivity index (χ3n) is 1.58. The number of ether oxygens (including phenoxy) is 1. The Balaban J connectivity index is 3.29. The Hall–Kier alpha value is -1.31. The fourth-order valence-corrected chi connectivity index (χ4v) is 1.29. The van der Waals surface area contributed by atoms with Crippen molar-refractivity contribution in [3.63, 3.8) is 0 Å². The number of rotatable bonds is 3. The number of pyridine rings is 1. The lowest BCUT2D eigenvalue weighted by atomic mass is 10.2. The van der Waals surface area contributed by atoms with Gasteiger partial charge in [-0.3, -0.25) is 9.59 Å². The van der Waals surface area contributed by atoms with E-state index in [1.54, 1.807) is 0 Å². The number of alkyl halides is 4. The molecule has 0 unspecified atom stereocenters. The van der Waals surface area contributed by atoms with Crippen molar-refractivity contribution in [2.24, 2.45) is 0 Å². The molecule has 0 bridgehead atoms. The second-order valence-corrected chi connectivity index (χ2v) is 3.26. The first kappa shape index (κ1) is 12.8. The summed E-state index contributed by atoms with van der Waals surface area (Å²) < 4.78 is 39.5. The van der Waals surface area contributed by atoms with Crippen LogP contribution >= 0.6 is 15.9 Å². The van der Waals surface area contributed by atoms with Crippen LogP contribution in [0.25, 0.3) is 0 Å². The average Bonchev–Trinajstić information content (AvgIpc) is 2.14. The third-order valence-corrected chi connectivity index (χ3v) is 2.18.